The quantitative estimate of drug-likeness (QED) is 0.504. The van der Waals surface area contributed by atoms with Crippen LogP contribution in [0.5, 0.6) is 0 Å². The van der Waals surface area contributed by atoms with Gasteiger partial charge in [-0.15, -0.1) is 0 Å². The Morgan fingerprint density at radius 2 is 2.03 bits per heavy atom. The number of benzene rings is 1. The highest BCUT2D eigenvalue weighted by Gasteiger charge is 2.33. The van der Waals surface area contributed by atoms with Gasteiger partial charge in [0.1, 0.15) is 17.7 Å². The van der Waals surface area contributed by atoms with Gasteiger partial charge in [-0.1, -0.05) is 35.3 Å². The molecule has 4 heterocycles. The summed E-state index contributed by atoms with van der Waals surface area (Å²) in [6.45, 7) is 0.403. The first-order chi connectivity index (χ1) is 14.2. The number of nitrogens with one attached hydrogen (secondary N) is 1. The Kier molecular flexibility index (Phi) is 4.54. The fourth-order valence-electron chi connectivity index (χ4n) is 3.78. The lowest BCUT2D eigenvalue weighted by Crippen LogP contribution is -2.27. The molecule has 1 unspecified atom stereocenters. The van der Waals surface area contributed by atoms with Crippen molar-refractivity contribution in [1.29, 1.82) is 0 Å². The summed E-state index contributed by atoms with van der Waals surface area (Å²) in [7, 11) is 1.68. The number of hydrogen-bond acceptors (Lipinski definition) is 4. The average Bonchev–Trinajstić information content (AvgIpc) is 3.36. The average molecular weight is 426 g/mol. The van der Waals surface area contributed by atoms with Gasteiger partial charge in [0.15, 0.2) is 0 Å². The molecule has 0 bridgehead atoms. The topological polar surface area (TPSA) is 56.4 Å². The molecule has 1 aromatic carbocycles. The van der Waals surface area contributed by atoms with Crippen LogP contribution in [0.1, 0.15) is 17.4 Å². The minimum absolute atomic E-state index is 0.244. The Morgan fingerprint density at radius 3 is 2.86 bits per heavy atom. The van der Waals surface area contributed by atoms with Crippen LogP contribution in [0, 0.1) is 0 Å². The van der Waals surface area contributed by atoms with E-state index in [4.69, 9.17) is 32.9 Å². The van der Waals surface area contributed by atoms with Crippen LogP contribution in [0.2, 0.25) is 10.0 Å². The summed E-state index contributed by atoms with van der Waals surface area (Å²) < 4.78 is 9.50. The third-order valence-electron chi connectivity index (χ3n) is 5.02. The van der Waals surface area contributed by atoms with Crippen LogP contribution in [0.15, 0.2) is 66.8 Å². The minimum atomic E-state index is -0.244. The molecule has 4 aromatic rings. The van der Waals surface area contributed by atoms with Gasteiger partial charge in [-0.05, 0) is 29.8 Å². The second-order valence-electron chi connectivity index (χ2n) is 6.76. The monoisotopic (exact) mass is 425 g/mol. The van der Waals surface area contributed by atoms with E-state index >= 15 is 0 Å². The fraction of sp³-hybridized carbons (Fsp3) is 0.143. The van der Waals surface area contributed by atoms with Crippen molar-refractivity contribution in [2.24, 2.45) is 0 Å². The number of fused-ring (bicyclic) bond motifs is 2. The SMILES string of the molecule is COCC1=C(c2ncc3ccccn23)C(c2ccc(Cl)c(Cl)c2)n2nccc2N1. The number of allylic oxidation sites excluding steroid dienone is 1. The molecule has 0 spiro atoms. The Hall–Kier alpha value is -2.80. The molecular weight excluding hydrogens is 409 g/mol. The van der Waals surface area contributed by atoms with E-state index < -0.39 is 0 Å². The zero-order chi connectivity index (χ0) is 20.0. The van der Waals surface area contributed by atoms with E-state index in [0.717, 1.165) is 34.0 Å². The number of pyridine rings is 1. The van der Waals surface area contributed by atoms with Crippen LogP contribution in [-0.4, -0.2) is 32.9 Å². The van der Waals surface area contributed by atoms with E-state index in [0.29, 0.717) is 16.7 Å². The molecule has 29 heavy (non-hydrogen) atoms. The second-order valence-corrected chi connectivity index (χ2v) is 7.58. The lowest BCUT2D eigenvalue weighted by molar-refractivity contribution is 0.226. The number of ether oxygens (including phenoxy) is 1. The van der Waals surface area contributed by atoms with Gasteiger partial charge < -0.3 is 10.1 Å². The van der Waals surface area contributed by atoms with E-state index in [1.54, 1.807) is 13.3 Å². The van der Waals surface area contributed by atoms with Crippen molar-refractivity contribution >= 4 is 40.1 Å². The van der Waals surface area contributed by atoms with Gasteiger partial charge in [0.05, 0.1) is 40.3 Å². The number of nitrogens with zero attached hydrogens (tertiary/aromatic N) is 4. The van der Waals surface area contributed by atoms with Crippen LogP contribution in [0.3, 0.4) is 0 Å². The van der Waals surface area contributed by atoms with Crippen LogP contribution in [0.4, 0.5) is 5.82 Å². The first kappa shape index (κ1) is 18.2. The van der Waals surface area contributed by atoms with E-state index in [1.165, 1.54) is 0 Å². The first-order valence-corrected chi connectivity index (χ1v) is 9.83. The number of halogens is 2. The van der Waals surface area contributed by atoms with Gasteiger partial charge in [-0.3, -0.25) is 4.40 Å². The molecule has 146 valence electrons. The predicted octanol–water partition coefficient (Wildman–Crippen LogP) is 4.91. The molecule has 0 saturated heterocycles. The van der Waals surface area contributed by atoms with Crippen LogP contribution in [0.25, 0.3) is 11.1 Å². The molecule has 6 nitrogen and oxygen atoms in total. The Morgan fingerprint density at radius 1 is 1.14 bits per heavy atom. The number of aromatic nitrogens is 4. The maximum Gasteiger partial charge on any atom is 0.144 e. The van der Waals surface area contributed by atoms with Gasteiger partial charge in [0.25, 0.3) is 0 Å². The van der Waals surface area contributed by atoms with E-state index in [2.05, 4.69) is 14.8 Å². The van der Waals surface area contributed by atoms with Crippen molar-refractivity contribution < 1.29 is 4.74 Å². The van der Waals surface area contributed by atoms with Gasteiger partial charge in [-0.25, -0.2) is 9.67 Å². The summed E-state index contributed by atoms with van der Waals surface area (Å²) in [6, 6.07) is 13.3. The smallest absolute Gasteiger partial charge is 0.144 e. The van der Waals surface area contributed by atoms with Crippen molar-refractivity contribution in [2.75, 3.05) is 19.0 Å². The van der Waals surface area contributed by atoms with E-state index in [-0.39, 0.29) is 6.04 Å². The molecule has 0 aliphatic carbocycles. The normalized spacial score (nSPS) is 16.2. The van der Waals surface area contributed by atoms with Gasteiger partial charge in [-0.2, -0.15) is 5.10 Å². The lowest BCUT2D eigenvalue weighted by Gasteiger charge is -2.31. The third kappa shape index (κ3) is 3.00. The number of anilines is 1. The van der Waals surface area contributed by atoms with E-state index in [1.807, 2.05) is 59.5 Å². The van der Waals surface area contributed by atoms with Gasteiger partial charge in [0.2, 0.25) is 0 Å². The zero-order valence-electron chi connectivity index (χ0n) is 15.5. The molecule has 0 amide bonds. The number of methoxy groups -OCH3 is 1. The molecule has 0 saturated carbocycles. The van der Waals surface area contributed by atoms with Crippen molar-refractivity contribution in [1.82, 2.24) is 19.2 Å². The Labute approximate surface area is 177 Å². The molecular formula is C21H17Cl2N5O. The maximum atomic E-state index is 6.36. The molecule has 0 fully saturated rings. The summed E-state index contributed by atoms with van der Waals surface area (Å²) in [6.07, 6.45) is 5.63. The molecule has 1 aliphatic rings. The zero-order valence-corrected chi connectivity index (χ0v) is 17.0. The summed E-state index contributed by atoms with van der Waals surface area (Å²) in [5.74, 6) is 1.69. The van der Waals surface area contributed by atoms with Crippen molar-refractivity contribution in [3.05, 3.63) is 88.2 Å². The molecule has 1 atom stereocenters. The van der Waals surface area contributed by atoms with Crippen molar-refractivity contribution in [2.45, 2.75) is 6.04 Å². The highest BCUT2D eigenvalue weighted by molar-refractivity contribution is 6.42. The summed E-state index contributed by atoms with van der Waals surface area (Å²) in [5.41, 5.74) is 3.86. The molecule has 3 aromatic heterocycles. The lowest BCUT2D eigenvalue weighted by atomic mass is 9.94. The van der Waals surface area contributed by atoms with Gasteiger partial charge >= 0.3 is 0 Å². The third-order valence-corrected chi connectivity index (χ3v) is 5.76. The van der Waals surface area contributed by atoms with Crippen LogP contribution >= 0.6 is 23.2 Å². The molecule has 8 heteroatoms. The molecule has 1 aliphatic heterocycles. The standard InChI is InChI=1S/C21H17Cl2N5O/c1-29-12-17-19(21-24-11-14-4-2-3-9-27(14)21)20(28-18(26-17)7-8-25-28)13-5-6-15(22)16(23)10-13/h2-11,20,26H,12H2,1H3. The van der Waals surface area contributed by atoms with Crippen molar-refractivity contribution in [3.8, 4) is 0 Å². The highest BCUT2D eigenvalue weighted by atomic mass is 35.5. The van der Waals surface area contributed by atoms with Crippen LogP contribution < -0.4 is 5.32 Å². The Bertz CT molecular complexity index is 1240. The number of hydrogen-bond donors (Lipinski definition) is 1. The molecule has 5 rings (SSSR count). The van der Waals surface area contributed by atoms with Crippen molar-refractivity contribution in [3.63, 3.8) is 0 Å². The van der Waals surface area contributed by atoms with Crippen LogP contribution in [-0.2, 0) is 4.74 Å². The molecule has 1 N–H and O–H groups in total. The van der Waals surface area contributed by atoms with Gasteiger partial charge in [0, 0.05) is 24.9 Å². The van der Waals surface area contributed by atoms with E-state index in [9.17, 15) is 0 Å². The fourth-order valence-corrected chi connectivity index (χ4v) is 4.08. The summed E-state index contributed by atoms with van der Waals surface area (Å²) >= 11 is 12.5. The first-order valence-electron chi connectivity index (χ1n) is 9.07. The Balaban J connectivity index is 1.79. The summed E-state index contributed by atoms with van der Waals surface area (Å²) in [5, 5.41) is 9.03. The highest BCUT2D eigenvalue weighted by Crippen LogP contribution is 2.42. The second kappa shape index (κ2) is 7.22. The summed E-state index contributed by atoms with van der Waals surface area (Å²) in [4.78, 5) is 4.73. The largest absolute Gasteiger partial charge is 0.378 e. The number of imidazole rings is 1. The maximum absolute atomic E-state index is 6.36. The minimum Gasteiger partial charge on any atom is -0.378 e. The predicted molar refractivity (Wildman–Crippen MR) is 114 cm³/mol. The molecule has 0 radical (unpaired) electrons. The number of rotatable bonds is 4.